The van der Waals surface area contributed by atoms with Crippen LogP contribution in [0, 0.1) is 0 Å². The Morgan fingerprint density at radius 1 is 0.931 bits per heavy atom. The Morgan fingerprint density at radius 3 is 2.31 bits per heavy atom. The molecule has 1 aliphatic rings. The number of phenols is 1. The Morgan fingerprint density at radius 2 is 1.62 bits per heavy atom. The maximum Gasteiger partial charge on any atom is 0.416 e. The molecule has 1 unspecified atom stereocenters. The monoisotopic (exact) mass is 417 g/mol. The summed E-state index contributed by atoms with van der Waals surface area (Å²) in [5.74, 6) is 0.310. The molecule has 0 saturated heterocycles. The molecule has 1 atom stereocenters. The van der Waals surface area contributed by atoms with Crippen LogP contribution in [0.25, 0.3) is 10.4 Å². The van der Waals surface area contributed by atoms with E-state index in [0.717, 1.165) is 48.5 Å². The Bertz CT molecular complexity index is 994. The SMILES string of the molecule is CC(c1ccc(-c2ccc(C(F)(F)F)cc2)s1)N1CCc2ccc(O)cc2CC1. The van der Waals surface area contributed by atoms with Crippen LogP contribution >= 0.6 is 11.3 Å². The van der Waals surface area contributed by atoms with E-state index in [9.17, 15) is 18.3 Å². The molecule has 0 radical (unpaired) electrons. The van der Waals surface area contributed by atoms with E-state index in [1.807, 2.05) is 18.2 Å². The molecule has 0 spiro atoms. The molecule has 6 heteroatoms. The summed E-state index contributed by atoms with van der Waals surface area (Å²) >= 11 is 1.63. The lowest BCUT2D eigenvalue weighted by Gasteiger charge is -2.26. The van der Waals surface area contributed by atoms with Gasteiger partial charge in [0.2, 0.25) is 0 Å². The predicted molar refractivity (Wildman–Crippen MR) is 110 cm³/mol. The fourth-order valence-electron chi connectivity index (χ4n) is 3.85. The number of nitrogens with zero attached hydrogens (tertiary/aromatic N) is 1. The first kappa shape index (κ1) is 20.0. The van der Waals surface area contributed by atoms with Crippen LogP contribution in [-0.2, 0) is 19.0 Å². The second-order valence-corrected chi connectivity index (χ2v) is 8.56. The topological polar surface area (TPSA) is 23.5 Å². The highest BCUT2D eigenvalue weighted by Gasteiger charge is 2.30. The molecule has 1 N–H and O–H groups in total. The van der Waals surface area contributed by atoms with E-state index in [2.05, 4.69) is 17.9 Å². The number of alkyl halides is 3. The minimum absolute atomic E-state index is 0.228. The lowest BCUT2D eigenvalue weighted by atomic mass is 10.0. The third-order valence-corrected chi connectivity index (χ3v) is 6.91. The van der Waals surface area contributed by atoms with Gasteiger partial charge in [-0.2, -0.15) is 13.2 Å². The van der Waals surface area contributed by atoms with Crippen molar-refractivity contribution >= 4 is 11.3 Å². The van der Waals surface area contributed by atoms with Crippen molar-refractivity contribution in [3.8, 4) is 16.2 Å². The van der Waals surface area contributed by atoms with Crippen LogP contribution in [0.4, 0.5) is 13.2 Å². The van der Waals surface area contributed by atoms with Crippen LogP contribution in [-0.4, -0.2) is 23.1 Å². The highest BCUT2D eigenvalue weighted by atomic mass is 32.1. The fraction of sp³-hybridized carbons (Fsp3) is 0.304. The zero-order valence-corrected chi connectivity index (χ0v) is 16.9. The predicted octanol–water partition coefficient (Wildman–Crippen LogP) is 6.30. The summed E-state index contributed by atoms with van der Waals surface area (Å²) < 4.78 is 38.3. The molecule has 3 aromatic rings. The van der Waals surface area contributed by atoms with E-state index < -0.39 is 11.7 Å². The highest BCUT2D eigenvalue weighted by molar-refractivity contribution is 7.15. The summed E-state index contributed by atoms with van der Waals surface area (Å²) in [6.45, 7) is 4.02. The Kier molecular flexibility index (Phi) is 5.40. The van der Waals surface area contributed by atoms with Gasteiger partial charge in [-0.3, -0.25) is 4.90 Å². The maximum absolute atomic E-state index is 12.8. The lowest BCUT2D eigenvalue weighted by Crippen LogP contribution is -2.29. The summed E-state index contributed by atoms with van der Waals surface area (Å²) in [4.78, 5) is 4.61. The van der Waals surface area contributed by atoms with Crippen LogP contribution in [0.1, 0.15) is 34.5 Å². The first-order valence-electron chi connectivity index (χ1n) is 9.63. The molecule has 2 aromatic carbocycles. The zero-order chi connectivity index (χ0) is 20.6. The van der Waals surface area contributed by atoms with Crippen molar-refractivity contribution in [1.82, 2.24) is 4.90 Å². The third kappa shape index (κ3) is 4.33. The van der Waals surface area contributed by atoms with Crippen LogP contribution in [0.5, 0.6) is 5.75 Å². The van der Waals surface area contributed by atoms with E-state index in [0.29, 0.717) is 5.75 Å². The molecule has 0 amide bonds. The highest BCUT2D eigenvalue weighted by Crippen LogP contribution is 2.36. The van der Waals surface area contributed by atoms with E-state index in [1.54, 1.807) is 17.4 Å². The number of thiophene rings is 1. The second-order valence-electron chi connectivity index (χ2n) is 7.44. The van der Waals surface area contributed by atoms with Gasteiger partial charge in [-0.25, -0.2) is 0 Å². The molecular weight excluding hydrogens is 395 g/mol. The molecular formula is C23H22F3NOS. The van der Waals surface area contributed by atoms with E-state index in [4.69, 9.17) is 0 Å². The van der Waals surface area contributed by atoms with Crippen LogP contribution in [0.3, 0.4) is 0 Å². The minimum Gasteiger partial charge on any atom is -0.508 e. The number of phenolic OH excluding ortho intramolecular Hbond substituents is 1. The molecule has 0 saturated carbocycles. The van der Waals surface area contributed by atoms with Crippen molar-refractivity contribution in [2.24, 2.45) is 0 Å². The summed E-state index contributed by atoms with van der Waals surface area (Å²) in [6.07, 6.45) is -2.48. The van der Waals surface area contributed by atoms with Crippen molar-refractivity contribution < 1.29 is 18.3 Å². The van der Waals surface area contributed by atoms with Crippen LogP contribution in [0.2, 0.25) is 0 Å². The molecule has 1 aromatic heterocycles. The third-order valence-electron chi connectivity index (χ3n) is 5.61. The number of benzene rings is 2. The molecule has 152 valence electrons. The minimum atomic E-state index is -4.31. The lowest BCUT2D eigenvalue weighted by molar-refractivity contribution is -0.137. The van der Waals surface area contributed by atoms with Crippen molar-refractivity contribution in [2.75, 3.05) is 13.1 Å². The number of aromatic hydroxyl groups is 1. The fourth-order valence-corrected chi connectivity index (χ4v) is 4.95. The molecule has 0 aliphatic carbocycles. The summed E-state index contributed by atoms with van der Waals surface area (Å²) in [5, 5.41) is 9.73. The van der Waals surface area contributed by atoms with Crippen molar-refractivity contribution in [3.63, 3.8) is 0 Å². The van der Waals surface area contributed by atoms with Gasteiger partial charge in [-0.05, 0) is 72.9 Å². The van der Waals surface area contributed by atoms with Gasteiger partial charge in [0.15, 0.2) is 0 Å². The average Bonchev–Trinajstić information content (AvgIpc) is 3.09. The van der Waals surface area contributed by atoms with E-state index >= 15 is 0 Å². The van der Waals surface area contributed by atoms with Crippen molar-refractivity contribution in [1.29, 1.82) is 0 Å². The number of fused-ring (bicyclic) bond motifs is 1. The number of hydrogen-bond donors (Lipinski definition) is 1. The van der Waals surface area contributed by atoms with E-state index in [1.165, 1.54) is 28.1 Å². The largest absolute Gasteiger partial charge is 0.508 e. The molecule has 4 rings (SSSR count). The Labute approximate surface area is 172 Å². The molecule has 2 nitrogen and oxygen atoms in total. The van der Waals surface area contributed by atoms with Gasteiger partial charge >= 0.3 is 6.18 Å². The Hall–Kier alpha value is -2.31. The molecule has 29 heavy (non-hydrogen) atoms. The molecule has 2 heterocycles. The first-order valence-corrected chi connectivity index (χ1v) is 10.4. The van der Waals surface area contributed by atoms with Gasteiger partial charge in [0.05, 0.1) is 5.56 Å². The number of halogens is 3. The van der Waals surface area contributed by atoms with Gasteiger partial charge < -0.3 is 5.11 Å². The van der Waals surface area contributed by atoms with Crippen molar-refractivity contribution in [2.45, 2.75) is 32.0 Å². The van der Waals surface area contributed by atoms with Crippen LogP contribution < -0.4 is 0 Å². The standard InChI is InChI=1S/C23H22F3NOS/c1-15(27-12-10-16-4-7-20(28)14-18(16)11-13-27)21-8-9-22(29-21)17-2-5-19(6-3-17)23(24,25)26/h2-9,14-15,28H,10-13H2,1H3. The summed E-state index contributed by atoms with van der Waals surface area (Å²) in [7, 11) is 0. The zero-order valence-electron chi connectivity index (χ0n) is 16.0. The average molecular weight is 417 g/mol. The molecule has 0 fully saturated rings. The van der Waals surface area contributed by atoms with E-state index in [-0.39, 0.29) is 6.04 Å². The molecule has 1 aliphatic heterocycles. The normalized spacial score (nSPS) is 16.3. The number of hydrogen-bond acceptors (Lipinski definition) is 3. The van der Waals surface area contributed by atoms with Crippen molar-refractivity contribution in [3.05, 3.63) is 76.2 Å². The van der Waals surface area contributed by atoms with Crippen LogP contribution in [0.15, 0.2) is 54.6 Å². The van der Waals surface area contributed by atoms with Gasteiger partial charge in [-0.1, -0.05) is 18.2 Å². The second kappa shape index (κ2) is 7.84. The summed E-state index contributed by atoms with van der Waals surface area (Å²) in [5.41, 5.74) is 2.67. The Balaban J connectivity index is 1.48. The summed E-state index contributed by atoms with van der Waals surface area (Å²) in [6, 6.07) is 15.3. The quantitative estimate of drug-likeness (QED) is 0.540. The van der Waals surface area contributed by atoms with Gasteiger partial charge in [0, 0.05) is 28.9 Å². The van der Waals surface area contributed by atoms with Gasteiger partial charge in [-0.15, -0.1) is 11.3 Å². The smallest absolute Gasteiger partial charge is 0.416 e. The van der Waals surface area contributed by atoms with Gasteiger partial charge in [0.1, 0.15) is 5.75 Å². The van der Waals surface area contributed by atoms with Gasteiger partial charge in [0.25, 0.3) is 0 Å². The maximum atomic E-state index is 12.8. The molecule has 0 bridgehead atoms. The number of rotatable bonds is 3. The first-order chi connectivity index (χ1) is 13.8.